The number of carbonyl (C=O) groups is 2. The molecule has 0 spiro atoms. The third-order valence-electron chi connectivity index (χ3n) is 3.46. The Morgan fingerprint density at radius 3 is 2.56 bits per heavy atom. The van der Waals surface area contributed by atoms with Crippen molar-refractivity contribution in [2.75, 3.05) is 12.4 Å². The van der Waals surface area contributed by atoms with Crippen molar-refractivity contribution in [1.29, 1.82) is 0 Å². The van der Waals surface area contributed by atoms with Crippen molar-refractivity contribution >= 4 is 23.6 Å². The lowest BCUT2D eigenvalue weighted by Gasteiger charge is -2.08. The number of hydrogen-bond donors (Lipinski definition) is 1. The number of nitrogens with one attached hydrogen (secondary N) is 1. The maximum Gasteiger partial charge on any atom is 0.316 e. The lowest BCUT2D eigenvalue weighted by molar-refractivity contribution is -0.145. The van der Waals surface area contributed by atoms with Crippen LogP contribution in [0.4, 0.5) is 4.39 Å². The second-order valence-electron chi connectivity index (χ2n) is 5.62. The van der Waals surface area contributed by atoms with Crippen LogP contribution < -0.4 is 5.32 Å². The molecule has 0 aliphatic rings. The number of hydrogen-bond acceptors (Lipinski definition) is 4. The molecule has 25 heavy (non-hydrogen) atoms. The van der Waals surface area contributed by atoms with E-state index < -0.39 is 11.9 Å². The SMILES string of the molecule is Cc1ccc(C)c(SCC(=O)OCC(=O)NCc2ccc(F)cc2)c1. The molecule has 0 fully saturated rings. The van der Waals surface area contributed by atoms with Gasteiger partial charge in [-0.25, -0.2) is 4.39 Å². The first-order valence-electron chi connectivity index (χ1n) is 7.81. The largest absolute Gasteiger partial charge is 0.455 e. The van der Waals surface area contributed by atoms with E-state index in [-0.39, 0.29) is 24.7 Å². The molecule has 0 unspecified atom stereocenters. The summed E-state index contributed by atoms with van der Waals surface area (Å²) in [6, 6.07) is 11.9. The van der Waals surface area contributed by atoms with Crippen molar-refractivity contribution in [2.24, 2.45) is 0 Å². The standard InChI is InChI=1S/C19H20FNO3S/c1-13-3-4-14(2)17(9-13)25-12-19(23)24-11-18(22)21-10-15-5-7-16(20)8-6-15/h3-9H,10-12H2,1-2H3,(H,21,22). The second kappa shape index (κ2) is 9.22. The van der Waals surface area contributed by atoms with E-state index >= 15 is 0 Å². The zero-order valence-electron chi connectivity index (χ0n) is 14.2. The van der Waals surface area contributed by atoms with Crippen molar-refractivity contribution in [3.8, 4) is 0 Å². The fourth-order valence-electron chi connectivity index (χ4n) is 2.04. The minimum atomic E-state index is -0.442. The van der Waals surface area contributed by atoms with Crippen molar-refractivity contribution in [3.05, 3.63) is 65.0 Å². The molecular formula is C19H20FNO3S. The molecule has 0 aliphatic heterocycles. The maximum atomic E-state index is 12.8. The molecule has 0 radical (unpaired) electrons. The predicted octanol–water partition coefficient (Wildman–Crippen LogP) is 3.39. The molecule has 0 saturated heterocycles. The van der Waals surface area contributed by atoms with Crippen LogP contribution in [0.3, 0.4) is 0 Å². The van der Waals surface area contributed by atoms with Gasteiger partial charge in [0.05, 0.1) is 5.75 Å². The van der Waals surface area contributed by atoms with E-state index in [9.17, 15) is 14.0 Å². The molecule has 0 saturated carbocycles. The van der Waals surface area contributed by atoms with Gasteiger partial charge in [0.15, 0.2) is 6.61 Å². The topological polar surface area (TPSA) is 55.4 Å². The Morgan fingerprint density at radius 1 is 1.12 bits per heavy atom. The molecule has 4 nitrogen and oxygen atoms in total. The van der Waals surface area contributed by atoms with Crippen LogP contribution in [0.15, 0.2) is 47.4 Å². The Balaban J connectivity index is 1.69. The molecule has 2 aromatic rings. The van der Waals surface area contributed by atoms with Gasteiger partial charge in [-0.3, -0.25) is 9.59 Å². The fourth-order valence-corrected chi connectivity index (χ4v) is 2.96. The van der Waals surface area contributed by atoms with E-state index in [4.69, 9.17) is 4.74 Å². The first kappa shape index (κ1) is 19.0. The van der Waals surface area contributed by atoms with Crippen molar-refractivity contribution in [3.63, 3.8) is 0 Å². The average Bonchev–Trinajstić information content (AvgIpc) is 2.60. The first-order valence-corrected chi connectivity index (χ1v) is 8.79. The highest BCUT2D eigenvalue weighted by molar-refractivity contribution is 8.00. The normalized spacial score (nSPS) is 10.4. The van der Waals surface area contributed by atoms with Crippen LogP contribution >= 0.6 is 11.8 Å². The number of halogens is 1. The van der Waals surface area contributed by atoms with Crippen LogP contribution in [0.5, 0.6) is 0 Å². The number of carbonyl (C=O) groups excluding carboxylic acids is 2. The van der Waals surface area contributed by atoms with Gasteiger partial charge >= 0.3 is 5.97 Å². The molecule has 0 bridgehead atoms. The summed E-state index contributed by atoms with van der Waals surface area (Å²) in [5, 5.41) is 2.62. The number of aryl methyl sites for hydroxylation is 2. The molecule has 6 heteroatoms. The third kappa shape index (κ3) is 6.58. The number of ether oxygens (including phenoxy) is 1. The lowest BCUT2D eigenvalue weighted by Crippen LogP contribution is -2.28. The van der Waals surface area contributed by atoms with Crippen LogP contribution in [0.2, 0.25) is 0 Å². The summed E-state index contributed by atoms with van der Waals surface area (Å²) < 4.78 is 17.8. The third-order valence-corrected chi connectivity index (χ3v) is 4.59. The summed E-state index contributed by atoms with van der Waals surface area (Å²) in [6.07, 6.45) is 0. The predicted molar refractivity (Wildman–Crippen MR) is 95.8 cm³/mol. The molecule has 132 valence electrons. The van der Waals surface area contributed by atoms with Gasteiger partial charge in [0, 0.05) is 11.4 Å². The Morgan fingerprint density at radius 2 is 1.84 bits per heavy atom. The Hall–Kier alpha value is -2.34. The molecule has 2 rings (SSSR count). The number of benzene rings is 2. The lowest BCUT2D eigenvalue weighted by atomic mass is 10.2. The summed E-state index contributed by atoms with van der Waals surface area (Å²) in [4.78, 5) is 24.5. The highest BCUT2D eigenvalue weighted by Gasteiger charge is 2.09. The van der Waals surface area contributed by atoms with Gasteiger partial charge in [0.2, 0.25) is 0 Å². The van der Waals surface area contributed by atoms with Crippen LogP contribution in [0.1, 0.15) is 16.7 Å². The van der Waals surface area contributed by atoms with Crippen LogP contribution in [0.25, 0.3) is 0 Å². The monoisotopic (exact) mass is 361 g/mol. The first-order chi connectivity index (χ1) is 11.9. The molecular weight excluding hydrogens is 341 g/mol. The van der Waals surface area contributed by atoms with E-state index in [1.54, 1.807) is 12.1 Å². The van der Waals surface area contributed by atoms with E-state index in [0.717, 1.165) is 21.6 Å². The number of esters is 1. The summed E-state index contributed by atoms with van der Waals surface area (Å²) in [5.74, 6) is -1.02. The smallest absolute Gasteiger partial charge is 0.316 e. The van der Waals surface area contributed by atoms with Gasteiger partial charge in [-0.05, 0) is 43.2 Å². The number of rotatable bonds is 7. The van der Waals surface area contributed by atoms with Crippen LogP contribution in [-0.2, 0) is 20.9 Å². The number of thioether (sulfide) groups is 1. The molecule has 0 aliphatic carbocycles. The zero-order chi connectivity index (χ0) is 18.2. The van der Waals surface area contributed by atoms with E-state index in [0.29, 0.717) is 0 Å². The maximum absolute atomic E-state index is 12.8. The Labute approximate surface area is 150 Å². The van der Waals surface area contributed by atoms with Crippen molar-refractivity contribution < 1.29 is 18.7 Å². The number of amides is 1. The summed E-state index contributed by atoms with van der Waals surface area (Å²) >= 11 is 1.39. The molecule has 0 atom stereocenters. The fraction of sp³-hybridized carbons (Fsp3) is 0.263. The van der Waals surface area contributed by atoms with E-state index in [1.807, 2.05) is 32.0 Å². The minimum Gasteiger partial charge on any atom is -0.455 e. The molecule has 2 aromatic carbocycles. The van der Waals surface area contributed by atoms with Gasteiger partial charge in [0.25, 0.3) is 5.91 Å². The summed E-state index contributed by atoms with van der Waals surface area (Å²) in [7, 11) is 0. The van der Waals surface area contributed by atoms with Crippen molar-refractivity contribution in [1.82, 2.24) is 5.32 Å². The highest BCUT2D eigenvalue weighted by Crippen LogP contribution is 2.23. The molecule has 1 N–H and O–H groups in total. The van der Waals surface area contributed by atoms with Gasteiger partial charge in [-0.2, -0.15) is 0 Å². The zero-order valence-corrected chi connectivity index (χ0v) is 15.0. The van der Waals surface area contributed by atoms with E-state index in [1.165, 1.54) is 23.9 Å². The van der Waals surface area contributed by atoms with Gasteiger partial charge in [0.1, 0.15) is 5.82 Å². The molecule has 0 aromatic heterocycles. The molecule has 0 heterocycles. The Bertz CT molecular complexity index is 747. The molecule has 1 amide bonds. The Kier molecular flexibility index (Phi) is 7.01. The minimum absolute atomic E-state index is 0.148. The van der Waals surface area contributed by atoms with E-state index in [2.05, 4.69) is 5.32 Å². The van der Waals surface area contributed by atoms with Gasteiger partial charge in [-0.1, -0.05) is 29.8 Å². The summed E-state index contributed by atoms with van der Waals surface area (Å²) in [5.41, 5.74) is 2.99. The van der Waals surface area contributed by atoms with Crippen molar-refractivity contribution in [2.45, 2.75) is 25.3 Å². The summed E-state index contributed by atoms with van der Waals surface area (Å²) in [6.45, 7) is 3.91. The average molecular weight is 361 g/mol. The second-order valence-corrected chi connectivity index (χ2v) is 6.64. The van der Waals surface area contributed by atoms with Crippen LogP contribution in [-0.4, -0.2) is 24.2 Å². The highest BCUT2D eigenvalue weighted by atomic mass is 32.2. The van der Waals surface area contributed by atoms with Gasteiger partial charge < -0.3 is 10.1 Å². The van der Waals surface area contributed by atoms with Gasteiger partial charge in [-0.15, -0.1) is 11.8 Å². The van der Waals surface area contributed by atoms with Crippen LogP contribution in [0, 0.1) is 19.7 Å². The quantitative estimate of drug-likeness (QED) is 0.607.